The second-order valence-electron chi connectivity index (χ2n) is 7.74. The first-order valence-electron chi connectivity index (χ1n) is 10.8. The molecule has 32 heavy (non-hydrogen) atoms. The lowest BCUT2D eigenvalue weighted by molar-refractivity contribution is 0.0375. The smallest absolute Gasteiger partial charge is 0.258 e. The Bertz CT molecular complexity index is 1180. The van der Waals surface area contributed by atoms with Gasteiger partial charge < -0.3 is 14.0 Å². The molecule has 172 valence electrons. The molecule has 1 saturated heterocycles. The Morgan fingerprint density at radius 1 is 1.12 bits per heavy atom. The molecule has 9 heteroatoms. The molecule has 3 heterocycles. The minimum Gasteiger partial charge on any atom is -0.470 e. The first-order valence-corrected chi connectivity index (χ1v) is 12.9. The second kappa shape index (κ2) is 10.1. The number of carbonyl (C=O) groups is 1. The van der Waals surface area contributed by atoms with Crippen LogP contribution in [0.4, 0.5) is 0 Å². The maximum absolute atomic E-state index is 13.3. The number of amides is 1. The molecule has 1 unspecified atom stereocenters. The molecule has 3 aromatic rings. The van der Waals surface area contributed by atoms with E-state index in [-0.39, 0.29) is 23.8 Å². The van der Waals surface area contributed by atoms with Crippen LogP contribution in [0.15, 0.2) is 49.1 Å². The summed E-state index contributed by atoms with van der Waals surface area (Å²) < 4.78 is 31.5. The van der Waals surface area contributed by atoms with Gasteiger partial charge in [-0.2, -0.15) is 0 Å². The van der Waals surface area contributed by atoms with Gasteiger partial charge in [-0.3, -0.25) is 4.79 Å². The Morgan fingerprint density at radius 3 is 2.53 bits per heavy atom. The number of likely N-dealkylation sites (tertiary alicyclic amines) is 1. The molecule has 1 aliphatic rings. The van der Waals surface area contributed by atoms with Crippen LogP contribution < -0.4 is 4.74 Å². The van der Waals surface area contributed by atoms with Gasteiger partial charge in [-0.05, 0) is 31.4 Å². The van der Waals surface area contributed by atoms with Crippen LogP contribution in [-0.2, 0) is 15.6 Å². The van der Waals surface area contributed by atoms with Gasteiger partial charge in [-0.1, -0.05) is 32.0 Å². The number of carbonyl (C=O) groups excluding carboxylic acids is 1. The van der Waals surface area contributed by atoms with E-state index >= 15 is 0 Å². The lowest BCUT2D eigenvalue weighted by Gasteiger charge is -2.38. The van der Waals surface area contributed by atoms with Gasteiger partial charge in [0.1, 0.15) is 6.10 Å². The lowest BCUT2D eigenvalue weighted by Crippen LogP contribution is -2.49. The first-order chi connectivity index (χ1) is 15.3. The Balaban J connectivity index is 0.00000141. The number of nitrogens with zero attached hydrogens (tertiary/aromatic N) is 4. The van der Waals surface area contributed by atoms with Crippen LogP contribution in [0.25, 0.3) is 5.65 Å². The van der Waals surface area contributed by atoms with Crippen molar-refractivity contribution in [3.8, 4) is 5.88 Å². The summed E-state index contributed by atoms with van der Waals surface area (Å²) in [7, 11) is -3.26. The summed E-state index contributed by atoms with van der Waals surface area (Å²) in [6.07, 6.45) is 9.48. The fraction of sp³-hybridized carbons (Fsp3) is 0.435. The highest BCUT2D eigenvalue weighted by atomic mass is 32.2. The number of piperidine rings is 1. The van der Waals surface area contributed by atoms with Crippen molar-refractivity contribution < 1.29 is 17.9 Å². The number of imidazole rings is 1. The van der Waals surface area contributed by atoms with Crippen molar-refractivity contribution in [1.29, 1.82) is 0 Å². The summed E-state index contributed by atoms with van der Waals surface area (Å²) in [5, 5.41) is 0. The molecule has 1 aromatic carbocycles. The van der Waals surface area contributed by atoms with Crippen LogP contribution in [-0.4, -0.2) is 58.5 Å². The van der Waals surface area contributed by atoms with Crippen LogP contribution >= 0.6 is 0 Å². The van der Waals surface area contributed by atoms with Gasteiger partial charge in [0.05, 0.1) is 12.3 Å². The number of hydrogen-bond donors (Lipinski definition) is 0. The molecule has 0 bridgehead atoms. The average molecular weight is 459 g/mol. The van der Waals surface area contributed by atoms with E-state index in [1.54, 1.807) is 47.8 Å². The molecule has 2 atom stereocenters. The number of benzene rings is 1. The summed E-state index contributed by atoms with van der Waals surface area (Å²) >= 11 is 0. The fourth-order valence-electron chi connectivity index (χ4n) is 3.82. The Labute approximate surface area is 189 Å². The van der Waals surface area contributed by atoms with Gasteiger partial charge in [-0.25, -0.2) is 18.4 Å². The highest BCUT2D eigenvalue weighted by Crippen LogP contribution is 2.25. The number of aromatic nitrogens is 3. The summed E-state index contributed by atoms with van der Waals surface area (Å²) in [5.74, 6) is 0.0945. The van der Waals surface area contributed by atoms with Crippen LogP contribution in [0.1, 0.15) is 49.5 Å². The molecule has 1 aliphatic heterocycles. The first kappa shape index (κ1) is 23.7. The Morgan fingerprint density at radius 2 is 1.81 bits per heavy atom. The third-order valence-electron chi connectivity index (χ3n) is 5.32. The van der Waals surface area contributed by atoms with Gasteiger partial charge in [0.2, 0.25) is 0 Å². The van der Waals surface area contributed by atoms with Gasteiger partial charge in [-0.15, -0.1) is 0 Å². The zero-order valence-electron chi connectivity index (χ0n) is 18.9. The van der Waals surface area contributed by atoms with Crippen molar-refractivity contribution in [2.45, 2.75) is 51.5 Å². The Hall–Kier alpha value is -2.94. The monoisotopic (exact) mass is 458 g/mol. The topological polar surface area (TPSA) is 93.9 Å². The zero-order chi connectivity index (χ0) is 23.3. The molecule has 0 spiro atoms. The summed E-state index contributed by atoms with van der Waals surface area (Å²) in [6, 6.07) is 6.91. The van der Waals surface area contributed by atoms with Crippen LogP contribution in [0.2, 0.25) is 0 Å². The molecular weight excluding hydrogens is 428 g/mol. The largest absolute Gasteiger partial charge is 0.470 e. The summed E-state index contributed by atoms with van der Waals surface area (Å²) in [6.45, 7) is 6.40. The van der Waals surface area contributed by atoms with Gasteiger partial charge >= 0.3 is 0 Å². The van der Waals surface area contributed by atoms with E-state index in [1.807, 2.05) is 31.4 Å². The van der Waals surface area contributed by atoms with E-state index in [9.17, 15) is 13.2 Å². The minimum atomic E-state index is -3.26. The van der Waals surface area contributed by atoms with E-state index in [0.29, 0.717) is 29.2 Å². The highest BCUT2D eigenvalue weighted by molar-refractivity contribution is 7.89. The lowest BCUT2D eigenvalue weighted by atomic mass is 9.99. The predicted octanol–water partition coefficient (Wildman–Crippen LogP) is 3.37. The van der Waals surface area contributed by atoms with Gasteiger partial charge in [0.25, 0.3) is 11.8 Å². The van der Waals surface area contributed by atoms with Crippen LogP contribution in [0.5, 0.6) is 5.88 Å². The number of hydrogen-bond acceptors (Lipinski definition) is 6. The van der Waals surface area contributed by atoms with Crippen molar-refractivity contribution in [3.63, 3.8) is 0 Å². The predicted molar refractivity (Wildman–Crippen MR) is 123 cm³/mol. The van der Waals surface area contributed by atoms with Crippen molar-refractivity contribution in [3.05, 3.63) is 60.2 Å². The number of fused-ring (bicyclic) bond motifs is 1. The van der Waals surface area contributed by atoms with Crippen molar-refractivity contribution in [2.75, 3.05) is 12.8 Å². The van der Waals surface area contributed by atoms with Gasteiger partial charge in [0, 0.05) is 42.6 Å². The molecular formula is C23H30N4O4S. The normalized spacial score (nSPS) is 18.7. The van der Waals surface area contributed by atoms with Crippen LogP contribution in [0.3, 0.4) is 0 Å². The third-order valence-corrected chi connectivity index (χ3v) is 6.16. The van der Waals surface area contributed by atoms with E-state index < -0.39 is 9.84 Å². The summed E-state index contributed by atoms with van der Waals surface area (Å²) in [4.78, 5) is 23.7. The van der Waals surface area contributed by atoms with Crippen molar-refractivity contribution in [1.82, 2.24) is 19.3 Å². The standard InChI is InChI=1S/C21H24N4O4S.C2H6/c1-15-7-8-17(29-20-19-22-9-11-24(19)12-10-23-20)13-25(15)21(26)18-6-4-3-5-16(18)14-30(2,27)28;1-2/h3-6,9-12,15,17H,7-8,13-14H2,1-2H3;1-2H3/t15-,17?;/m1./s1. The molecule has 2 aromatic heterocycles. The van der Waals surface area contributed by atoms with Crippen molar-refractivity contribution in [2.24, 2.45) is 0 Å². The molecule has 1 amide bonds. The van der Waals surface area contributed by atoms with E-state index in [0.717, 1.165) is 12.8 Å². The maximum atomic E-state index is 13.3. The number of rotatable bonds is 5. The molecule has 0 saturated carbocycles. The summed E-state index contributed by atoms with van der Waals surface area (Å²) in [5.41, 5.74) is 1.57. The average Bonchev–Trinajstić information content (AvgIpc) is 3.25. The molecule has 8 nitrogen and oxygen atoms in total. The minimum absolute atomic E-state index is 0.0267. The molecule has 4 rings (SSSR count). The molecule has 0 N–H and O–H groups in total. The zero-order valence-corrected chi connectivity index (χ0v) is 19.7. The second-order valence-corrected chi connectivity index (χ2v) is 9.88. The fourth-order valence-corrected chi connectivity index (χ4v) is 4.63. The van der Waals surface area contributed by atoms with E-state index in [1.165, 1.54) is 6.26 Å². The van der Waals surface area contributed by atoms with E-state index in [2.05, 4.69) is 9.97 Å². The third kappa shape index (κ3) is 5.45. The molecule has 1 fully saturated rings. The van der Waals surface area contributed by atoms with Crippen LogP contribution in [0, 0.1) is 0 Å². The van der Waals surface area contributed by atoms with E-state index in [4.69, 9.17) is 4.74 Å². The quantitative estimate of drug-likeness (QED) is 0.582. The SMILES string of the molecule is CC.C[C@@H]1CCC(Oc2nccn3ccnc23)CN1C(=O)c1ccccc1CS(C)(=O)=O. The number of sulfone groups is 1. The van der Waals surface area contributed by atoms with Gasteiger partial charge in [0.15, 0.2) is 15.5 Å². The van der Waals surface area contributed by atoms with Crippen molar-refractivity contribution >= 4 is 21.4 Å². The Kier molecular flexibility index (Phi) is 7.50. The number of ether oxygens (including phenoxy) is 1. The molecule has 0 radical (unpaired) electrons. The molecule has 0 aliphatic carbocycles. The highest BCUT2D eigenvalue weighted by Gasteiger charge is 2.32. The maximum Gasteiger partial charge on any atom is 0.258 e.